The fourth-order valence-corrected chi connectivity index (χ4v) is 1.78. The van der Waals surface area contributed by atoms with Gasteiger partial charge in [-0.3, -0.25) is 0 Å². The molecule has 6 heteroatoms. The van der Waals surface area contributed by atoms with Crippen molar-refractivity contribution >= 4 is 34.2 Å². The van der Waals surface area contributed by atoms with Crippen LogP contribution in [0.25, 0.3) is 0 Å². The molecule has 0 aliphatic carbocycles. The summed E-state index contributed by atoms with van der Waals surface area (Å²) in [5.41, 5.74) is 0.821. The van der Waals surface area contributed by atoms with E-state index in [1.54, 1.807) is 14.2 Å². The summed E-state index contributed by atoms with van der Waals surface area (Å²) < 4.78 is 11.1. The highest BCUT2D eigenvalue weighted by Gasteiger charge is 2.12. The van der Waals surface area contributed by atoms with Gasteiger partial charge in [0.05, 0.1) is 22.0 Å². The van der Waals surface area contributed by atoms with Crippen LogP contribution in [-0.2, 0) is 22.5 Å². The van der Waals surface area contributed by atoms with Gasteiger partial charge in [-0.25, -0.2) is 9.97 Å². The number of nitrogens with zero attached hydrogens (tertiary/aromatic N) is 2. The average Bonchev–Trinajstić information content (AvgIpc) is 2.25. The molecule has 90 valence electrons. The Morgan fingerprint density at radius 1 is 1.38 bits per heavy atom. The van der Waals surface area contributed by atoms with Crippen LogP contribution in [0.15, 0.2) is 0 Å². The van der Waals surface area contributed by atoms with E-state index in [0.717, 1.165) is 9.26 Å². The van der Waals surface area contributed by atoms with Crippen molar-refractivity contribution in [1.82, 2.24) is 9.97 Å². The summed E-state index contributed by atoms with van der Waals surface area (Å²) in [6.07, 6.45) is 0.718. The van der Waals surface area contributed by atoms with Crippen LogP contribution >= 0.6 is 34.2 Å². The first-order chi connectivity index (χ1) is 7.58. The summed E-state index contributed by atoms with van der Waals surface area (Å²) in [6, 6.07) is 0. The zero-order valence-electron chi connectivity index (χ0n) is 9.46. The Morgan fingerprint density at radius 2 is 2.06 bits per heavy atom. The van der Waals surface area contributed by atoms with Crippen molar-refractivity contribution in [3.05, 3.63) is 20.2 Å². The molecule has 0 aliphatic rings. The van der Waals surface area contributed by atoms with Crippen LogP contribution in [0.3, 0.4) is 0 Å². The molecule has 1 rings (SSSR count). The third kappa shape index (κ3) is 3.80. The molecule has 1 unspecified atom stereocenters. The van der Waals surface area contributed by atoms with Crippen LogP contribution in [0.1, 0.15) is 18.4 Å². The summed E-state index contributed by atoms with van der Waals surface area (Å²) in [7, 11) is 3.29. The van der Waals surface area contributed by atoms with Crippen molar-refractivity contribution in [2.24, 2.45) is 0 Å². The van der Waals surface area contributed by atoms with Gasteiger partial charge in [0.2, 0.25) is 0 Å². The molecule has 16 heavy (non-hydrogen) atoms. The van der Waals surface area contributed by atoms with E-state index in [1.165, 1.54) is 0 Å². The molecule has 4 nitrogen and oxygen atoms in total. The highest BCUT2D eigenvalue weighted by atomic mass is 127. The topological polar surface area (TPSA) is 44.2 Å². The predicted molar refractivity (Wildman–Crippen MR) is 70.6 cm³/mol. The molecule has 1 heterocycles. The second-order valence-corrected chi connectivity index (χ2v) is 4.81. The van der Waals surface area contributed by atoms with Crippen LogP contribution in [0.4, 0.5) is 0 Å². The predicted octanol–water partition coefficient (Wildman–Crippen LogP) is 2.46. The number of hydrogen-bond acceptors (Lipinski definition) is 4. The van der Waals surface area contributed by atoms with Gasteiger partial charge in [0.1, 0.15) is 11.0 Å². The van der Waals surface area contributed by atoms with Crippen molar-refractivity contribution in [3.8, 4) is 0 Å². The van der Waals surface area contributed by atoms with Crippen molar-refractivity contribution in [3.63, 3.8) is 0 Å². The van der Waals surface area contributed by atoms with Crippen molar-refractivity contribution in [2.45, 2.75) is 26.1 Å². The minimum absolute atomic E-state index is 0.0755. The Labute approximate surface area is 114 Å². The van der Waals surface area contributed by atoms with E-state index in [0.29, 0.717) is 24.0 Å². The molecule has 1 atom stereocenters. The molecule has 0 amide bonds. The Morgan fingerprint density at radius 3 is 2.62 bits per heavy atom. The van der Waals surface area contributed by atoms with Gasteiger partial charge in [-0.05, 0) is 29.5 Å². The third-order valence-electron chi connectivity index (χ3n) is 2.08. The Bertz CT molecular complexity index is 363. The molecule has 0 aliphatic heterocycles. The fourth-order valence-electron chi connectivity index (χ4n) is 1.18. The Balaban J connectivity index is 2.94. The maximum atomic E-state index is 6.03. The number of aromatic nitrogens is 2. The molecule has 1 aromatic rings. The lowest BCUT2D eigenvalue weighted by molar-refractivity contribution is 0.116. The average molecular weight is 357 g/mol. The van der Waals surface area contributed by atoms with E-state index in [1.807, 2.05) is 6.92 Å². The second-order valence-electron chi connectivity index (χ2n) is 3.37. The van der Waals surface area contributed by atoms with Crippen molar-refractivity contribution in [1.29, 1.82) is 0 Å². The number of rotatable bonds is 5. The lowest BCUT2D eigenvalue weighted by Gasteiger charge is -2.10. The number of methoxy groups -OCH3 is 2. The first-order valence-corrected chi connectivity index (χ1v) is 6.26. The van der Waals surface area contributed by atoms with Crippen LogP contribution in [0.5, 0.6) is 0 Å². The quantitative estimate of drug-likeness (QED) is 0.600. The van der Waals surface area contributed by atoms with Crippen LogP contribution < -0.4 is 0 Å². The molecule has 0 bridgehead atoms. The van der Waals surface area contributed by atoms with Gasteiger partial charge in [-0.2, -0.15) is 0 Å². The molecule has 1 aromatic heterocycles. The maximum Gasteiger partial charge on any atom is 0.146 e. The van der Waals surface area contributed by atoms with Crippen LogP contribution in [0.2, 0.25) is 5.15 Å². The standard InChI is InChI=1S/C10H14ClIN2O2/c1-6(16-3)4-8-13-7(5-15-2)9(12)10(11)14-8/h6H,4-5H2,1-3H3. The van der Waals surface area contributed by atoms with E-state index in [4.69, 9.17) is 21.1 Å². The van der Waals surface area contributed by atoms with Crippen molar-refractivity contribution < 1.29 is 9.47 Å². The van der Waals surface area contributed by atoms with Gasteiger partial charge in [0, 0.05) is 20.6 Å². The molecule has 0 fully saturated rings. The molecular weight excluding hydrogens is 342 g/mol. The van der Waals surface area contributed by atoms with E-state index < -0.39 is 0 Å². The summed E-state index contributed by atoms with van der Waals surface area (Å²) in [4.78, 5) is 8.62. The van der Waals surface area contributed by atoms with Crippen LogP contribution in [-0.4, -0.2) is 30.3 Å². The van der Waals surface area contributed by atoms with E-state index >= 15 is 0 Å². The lowest BCUT2D eigenvalue weighted by Crippen LogP contribution is -2.13. The largest absolute Gasteiger partial charge is 0.381 e. The molecule has 0 N–H and O–H groups in total. The zero-order valence-corrected chi connectivity index (χ0v) is 12.4. The van der Waals surface area contributed by atoms with Crippen LogP contribution in [0, 0.1) is 3.57 Å². The Hall–Kier alpha value is 0.0200. The summed E-state index contributed by atoms with van der Waals surface area (Å²) in [5.74, 6) is 0.687. The normalized spacial score (nSPS) is 12.8. The minimum atomic E-state index is 0.0755. The lowest BCUT2D eigenvalue weighted by atomic mass is 10.2. The zero-order chi connectivity index (χ0) is 12.1. The molecule has 0 saturated carbocycles. The van der Waals surface area contributed by atoms with E-state index in [9.17, 15) is 0 Å². The maximum absolute atomic E-state index is 6.03. The van der Waals surface area contributed by atoms with E-state index in [-0.39, 0.29) is 6.10 Å². The second kappa shape index (κ2) is 6.68. The number of ether oxygens (including phenoxy) is 2. The van der Waals surface area contributed by atoms with Crippen molar-refractivity contribution in [2.75, 3.05) is 14.2 Å². The monoisotopic (exact) mass is 356 g/mol. The molecule has 0 saturated heterocycles. The highest BCUT2D eigenvalue weighted by molar-refractivity contribution is 14.1. The number of halogens is 2. The SMILES string of the molecule is COCc1nc(CC(C)OC)nc(Cl)c1I. The minimum Gasteiger partial charge on any atom is -0.381 e. The van der Waals surface area contributed by atoms with E-state index in [2.05, 4.69) is 32.6 Å². The van der Waals surface area contributed by atoms with Gasteiger partial charge < -0.3 is 9.47 Å². The summed E-state index contributed by atoms with van der Waals surface area (Å²) >= 11 is 8.15. The van der Waals surface area contributed by atoms with Gasteiger partial charge in [-0.15, -0.1) is 0 Å². The molecular formula is C10H14ClIN2O2. The smallest absolute Gasteiger partial charge is 0.146 e. The van der Waals surface area contributed by atoms with Gasteiger partial charge in [0.25, 0.3) is 0 Å². The molecule has 0 aromatic carbocycles. The highest BCUT2D eigenvalue weighted by Crippen LogP contribution is 2.20. The summed E-state index contributed by atoms with van der Waals surface area (Å²) in [5, 5.41) is 0.473. The first-order valence-electron chi connectivity index (χ1n) is 4.81. The third-order valence-corrected chi connectivity index (χ3v) is 3.81. The fraction of sp³-hybridized carbons (Fsp3) is 0.600. The first kappa shape index (κ1) is 14.1. The number of hydrogen-bond donors (Lipinski definition) is 0. The molecule has 0 radical (unpaired) electrons. The molecule has 0 spiro atoms. The van der Waals surface area contributed by atoms with Gasteiger partial charge >= 0.3 is 0 Å². The summed E-state index contributed by atoms with van der Waals surface area (Å²) in [6.45, 7) is 2.40. The Kier molecular flexibility index (Phi) is 5.88. The van der Waals surface area contributed by atoms with Gasteiger partial charge in [-0.1, -0.05) is 11.6 Å². The van der Waals surface area contributed by atoms with Gasteiger partial charge in [0.15, 0.2) is 0 Å².